The van der Waals surface area contributed by atoms with Gasteiger partial charge in [-0.15, -0.1) is 0 Å². The van der Waals surface area contributed by atoms with Crippen LogP contribution in [0.1, 0.15) is 115 Å². The minimum Gasteiger partial charge on any atom is -0.207 e. The van der Waals surface area contributed by atoms with Gasteiger partial charge in [0.05, 0.1) is 11.6 Å². The van der Waals surface area contributed by atoms with Crippen molar-refractivity contribution in [3.05, 3.63) is 104 Å². The standard InChI is InChI=1S/C36H38F5N/c1-2-3-4-5-24-19-31(37)29(32(38)20-24)17-9-22-8-16-28-30(18-22)35(40)36(41)33(34(28)39)27-14-12-26(13-15-27)25-10-6-23(21-42)7-11-25/h6-7,10-11,19-20,22,26-27H,2-5,8-9,12-18H2,1H3. The van der Waals surface area contributed by atoms with Gasteiger partial charge in [-0.05, 0) is 135 Å². The Morgan fingerprint density at radius 1 is 0.762 bits per heavy atom. The molecule has 0 saturated heterocycles. The van der Waals surface area contributed by atoms with E-state index in [2.05, 4.69) is 13.0 Å². The van der Waals surface area contributed by atoms with Crippen molar-refractivity contribution in [1.82, 2.24) is 0 Å². The van der Waals surface area contributed by atoms with Crippen LogP contribution in [0.15, 0.2) is 36.4 Å². The van der Waals surface area contributed by atoms with Gasteiger partial charge >= 0.3 is 0 Å². The molecule has 1 nitrogen and oxygen atoms in total. The largest absolute Gasteiger partial charge is 0.207 e. The first-order valence-corrected chi connectivity index (χ1v) is 15.5. The van der Waals surface area contributed by atoms with E-state index in [4.69, 9.17) is 5.26 Å². The Bertz CT molecular complexity index is 1420. The molecule has 2 aliphatic carbocycles. The molecule has 1 unspecified atom stereocenters. The van der Waals surface area contributed by atoms with Gasteiger partial charge in [0, 0.05) is 11.1 Å². The molecule has 2 aliphatic rings. The number of aryl methyl sites for hydroxylation is 1. The number of halogens is 5. The monoisotopic (exact) mass is 579 g/mol. The van der Waals surface area contributed by atoms with Gasteiger partial charge in [-0.3, -0.25) is 0 Å². The molecule has 0 aromatic heterocycles. The molecule has 0 radical (unpaired) electrons. The second kappa shape index (κ2) is 13.4. The first-order valence-electron chi connectivity index (χ1n) is 15.5. The lowest BCUT2D eigenvalue weighted by atomic mass is 9.73. The molecular formula is C36H38F5N. The summed E-state index contributed by atoms with van der Waals surface area (Å²) in [7, 11) is 0. The number of unbranched alkanes of at least 4 members (excludes halogenated alkanes) is 2. The fourth-order valence-electron chi connectivity index (χ4n) is 7.10. The molecule has 222 valence electrons. The van der Waals surface area contributed by atoms with E-state index in [1.807, 2.05) is 12.1 Å². The SMILES string of the molecule is CCCCCc1cc(F)c(CCC2CCc3c(F)c(C4CCC(c5ccc(C#N)cc5)CC4)c(F)c(F)c3C2)c(F)c1. The number of benzene rings is 3. The molecule has 3 aromatic rings. The van der Waals surface area contributed by atoms with Crippen LogP contribution < -0.4 is 0 Å². The second-order valence-electron chi connectivity index (χ2n) is 12.2. The quantitative estimate of drug-likeness (QED) is 0.141. The average Bonchev–Trinajstić information content (AvgIpc) is 3.00. The van der Waals surface area contributed by atoms with Gasteiger partial charge in [-0.25, -0.2) is 22.0 Å². The Balaban J connectivity index is 1.24. The van der Waals surface area contributed by atoms with E-state index in [1.165, 1.54) is 12.1 Å². The third-order valence-corrected chi connectivity index (χ3v) is 9.57. The van der Waals surface area contributed by atoms with Gasteiger partial charge in [-0.2, -0.15) is 5.26 Å². The van der Waals surface area contributed by atoms with Gasteiger partial charge in [0.25, 0.3) is 0 Å². The number of hydrogen-bond acceptors (Lipinski definition) is 1. The van der Waals surface area contributed by atoms with Gasteiger partial charge < -0.3 is 0 Å². The Labute approximate surface area is 245 Å². The maximum Gasteiger partial charge on any atom is 0.165 e. The van der Waals surface area contributed by atoms with E-state index in [0.29, 0.717) is 43.2 Å². The highest BCUT2D eigenvalue weighted by Crippen LogP contribution is 2.45. The lowest BCUT2D eigenvalue weighted by Crippen LogP contribution is -2.23. The van der Waals surface area contributed by atoms with E-state index >= 15 is 13.2 Å². The molecule has 0 amide bonds. The topological polar surface area (TPSA) is 23.8 Å². The third-order valence-electron chi connectivity index (χ3n) is 9.57. The highest BCUT2D eigenvalue weighted by molar-refractivity contribution is 5.41. The molecule has 0 N–H and O–H groups in total. The summed E-state index contributed by atoms with van der Waals surface area (Å²) in [4.78, 5) is 0. The molecule has 5 rings (SSSR count). The normalized spacial score (nSPS) is 20.3. The zero-order valence-electron chi connectivity index (χ0n) is 24.2. The van der Waals surface area contributed by atoms with Crippen LogP contribution in [0.5, 0.6) is 0 Å². The van der Waals surface area contributed by atoms with Gasteiger partial charge in [-0.1, -0.05) is 31.9 Å². The fraction of sp³-hybridized carbons (Fsp3) is 0.472. The predicted octanol–water partition coefficient (Wildman–Crippen LogP) is 10.2. The van der Waals surface area contributed by atoms with Gasteiger partial charge in [0.2, 0.25) is 0 Å². The molecule has 0 heterocycles. The zero-order chi connectivity index (χ0) is 29.8. The van der Waals surface area contributed by atoms with Crippen molar-refractivity contribution < 1.29 is 22.0 Å². The molecule has 6 heteroatoms. The van der Waals surface area contributed by atoms with Crippen molar-refractivity contribution in [3.63, 3.8) is 0 Å². The summed E-state index contributed by atoms with van der Waals surface area (Å²) >= 11 is 0. The van der Waals surface area contributed by atoms with E-state index in [1.54, 1.807) is 12.1 Å². The summed E-state index contributed by atoms with van der Waals surface area (Å²) in [6.07, 6.45) is 7.78. The molecule has 1 saturated carbocycles. The first-order chi connectivity index (χ1) is 20.3. The number of fused-ring (bicyclic) bond motifs is 1. The van der Waals surface area contributed by atoms with Crippen LogP contribution in [0.25, 0.3) is 0 Å². The molecule has 0 bridgehead atoms. The summed E-state index contributed by atoms with van der Waals surface area (Å²) < 4.78 is 76.1. The van der Waals surface area contributed by atoms with Crippen molar-refractivity contribution in [2.75, 3.05) is 0 Å². The maximum absolute atomic E-state index is 15.8. The molecule has 0 aliphatic heterocycles. The third kappa shape index (κ3) is 6.41. The summed E-state index contributed by atoms with van der Waals surface area (Å²) in [6, 6.07) is 12.4. The minimum absolute atomic E-state index is 0.0322. The highest BCUT2D eigenvalue weighted by Gasteiger charge is 2.34. The predicted molar refractivity (Wildman–Crippen MR) is 155 cm³/mol. The van der Waals surface area contributed by atoms with E-state index in [9.17, 15) is 8.78 Å². The molecule has 0 spiro atoms. The van der Waals surface area contributed by atoms with Gasteiger partial charge in [0.1, 0.15) is 17.5 Å². The first kappa shape index (κ1) is 30.3. The fourth-order valence-corrected chi connectivity index (χ4v) is 7.10. The average molecular weight is 580 g/mol. The van der Waals surface area contributed by atoms with Crippen LogP contribution in [0.3, 0.4) is 0 Å². The van der Waals surface area contributed by atoms with Crippen LogP contribution in [-0.2, 0) is 25.7 Å². The molecule has 1 atom stereocenters. The van der Waals surface area contributed by atoms with Crippen LogP contribution in [0.2, 0.25) is 0 Å². The number of nitrogens with zero attached hydrogens (tertiary/aromatic N) is 1. The summed E-state index contributed by atoms with van der Waals surface area (Å²) in [6.45, 7) is 2.08. The number of rotatable bonds is 9. The van der Waals surface area contributed by atoms with Crippen LogP contribution in [-0.4, -0.2) is 0 Å². The Morgan fingerprint density at radius 2 is 1.43 bits per heavy atom. The highest BCUT2D eigenvalue weighted by atomic mass is 19.2. The van der Waals surface area contributed by atoms with Crippen molar-refractivity contribution in [1.29, 1.82) is 5.26 Å². The Morgan fingerprint density at radius 3 is 2.07 bits per heavy atom. The van der Waals surface area contributed by atoms with Crippen molar-refractivity contribution in [2.24, 2.45) is 5.92 Å². The lowest BCUT2D eigenvalue weighted by molar-refractivity contribution is 0.353. The van der Waals surface area contributed by atoms with Crippen molar-refractivity contribution in [2.45, 2.75) is 102 Å². The number of hydrogen-bond donors (Lipinski definition) is 0. The lowest BCUT2D eigenvalue weighted by Gasteiger charge is -2.32. The van der Waals surface area contributed by atoms with E-state index in [0.717, 1.165) is 37.7 Å². The summed E-state index contributed by atoms with van der Waals surface area (Å²) in [5.41, 5.74) is 2.62. The number of nitriles is 1. The Hall–Kier alpha value is -3.20. The van der Waals surface area contributed by atoms with Crippen LogP contribution >= 0.6 is 0 Å². The van der Waals surface area contributed by atoms with Crippen molar-refractivity contribution >= 4 is 0 Å². The molecule has 3 aromatic carbocycles. The second-order valence-corrected chi connectivity index (χ2v) is 12.2. The zero-order valence-corrected chi connectivity index (χ0v) is 24.2. The Kier molecular flexibility index (Phi) is 9.66. The molecular weight excluding hydrogens is 541 g/mol. The van der Waals surface area contributed by atoms with E-state index in [-0.39, 0.29) is 59.3 Å². The minimum atomic E-state index is -1.08. The summed E-state index contributed by atoms with van der Waals surface area (Å²) in [5.74, 6) is -4.01. The van der Waals surface area contributed by atoms with Gasteiger partial charge in [0.15, 0.2) is 11.6 Å². The molecule has 42 heavy (non-hydrogen) atoms. The van der Waals surface area contributed by atoms with E-state index < -0.39 is 29.1 Å². The smallest absolute Gasteiger partial charge is 0.165 e. The van der Waals surface area contributed by atoms with Crippen LogP contribution in [0.4, 0.5) is 22.0 Å². The van der Waals surface area contributed by atoms with Crippen molar-refractivity contribution in [3.8, 4) is 6.07 Å². The summed E-state index contributed by atoms with van der Waals surface area (Å²) in [5, 5.41) is 9.02. The maximum atomic E-state index is 15.8. The molecule has 1 fully saturated rings. The van der Waals surface area contributed by atoms with Crippen LogP contribution in [0, 0.1) is 46.3 Å².